The van der Waals surface area contributed by atoms with E-state index in [1.54, 1.807) is 23.6 Å². The Kier molecular flexibility index (Phi) is 8.12. The van der Waals surface area contributed by atoms with Gasteiger partial charge in [-0.3, -0.25) is 9.59 Å². The van der Waals surface area contributed by atoms with Gasteiger partial charge in [0.2, 0.25) is 11.8 Å². The second kappa shape index (κ2) is 10.3. The van der Waals surface area contributed by atoms with Gasteiger partial charge in [-0.1, -0.05) is 48.5 Å². The first kappa shape index (κ1) is 22.0. The van der Waals surface area contributed by atoms with Crippen LogP contribution in [0.15, 0.2) is 65.6 Å². The SMILES string of the molecule is CC(C(=O)NC(C)(C)C)N(Cc1ccccc1)C(=O)CCSc1ccccc1. The Bertz CT molecular complexity index is 757. The maximum absolute atomic E-state index is 13.0. The third kappa shape index (κ3) is 7.39. The van der Waals surface area contributed by atoms with Crippen LogP contribution in [0, 0.1) is 0 Å². The Morgan fingerprint density at radius 3 is 2.14 bits per heavy atom. The van der Waals surface area contributed by atoms with Crippen molar-refractivity contribution in [3.8, 4) is 0 Å². The van der Waals surface area contributed by atoms with Crippen molar-refractivity contribution >= 4 is 23.6 Å². The first-order valence-corrected chi connectivity index (χ1v) is 10.6. The minimum atomic E-state index is -0.534. The smallest absolute Gasteiger partial charge is 0.242 e. The number of rotatable bonds is 8. The van der Waals surface area contributed by atoms with Gasteiger partial charge in [0.05, 0.1) is 0 Å². The van der Waals surface area contributed by atoms with E-state index in [1.165, 1.54) is 0 Å². The van der Waals surface area contributed by atoms with E-state index in [4.69, 9.17) is 0 Å². The lowest BCUT2D eigenvalue weighted by Crippen LogP contribution is -2.52. The third-order valence-corrected chi connectivity index (χ3v) is 5.20. The molecule has 2 aromatic rings. The molecule has 28 heavy (non-hydrogen) atoms. The summed E-state index contributed by atoms with van der Waals surface area (Å²) in [6.45, 7) is 8.05. The van der Waals surface area contributed by atoms with Gasteiger partial charge in [-0.2, -0.15) is 0 Å². The molecule has 1 atom stereocenters. The Morgan fingerprint density at radius 1 is 1.00 bits per heavy atom. The van der Waals surface area contributed by atoms with Crippen LogP contribution in [0.4, 0.5) is 0 Å². The van der Waals surface area contributed by atoms with Crippen molar-refractivity contribution in [1.29, 1.82) is 0 Å². The van der Waals surface area contributed by atoms with Gasteiger partial charge >= 0.3 is 0 Å². The second-order valence-electron chi connectivity index (χ2n) is 7.83. The van der Waals surface area contributed by atoms with E-state index in [1.807, 2.05) is 81.4 Å². The number of nitrogens with one attached hydrogen (secondary N) is 1. The summed E-state index contributed by atoms with van der Waals surface area (Å²) in [7, 11) is 0. The molecular formula is C23H30N2O2S. The molecule has 2 amide bonds. The number of hydrogen-bond acceptors (Lipinski definition) is 3. The van der Waals surface area contributed by atoms with Crippen LogP contribution in [0.3, 0.4) is 0 Å². The molecule has 0 aromatic heterocycles. The lowest BCUT2D eigenvalue weighted by molar-refractivity contribution is -0.140. The van der Waals surface area contributed by atoms with Crippen molar-refractivity contribution < 1.29 is 9.59 Å². The van der Waals surface area contributed by atoms with Crippen LogP contribution in [-0.4, -0.2) is 34.0 Å². The highest BCUT2D eigenvalue weighted by Crippen LogP contribution is 2.19. The minimum absolute atomic E-state index is 0.0103. The molecule has 0 saturated carbocycles. The van der Waals surface area contributed by atoms with Gasteiger partial charge in [-0.05, 0) is 45.4 Å². The molecule has 150 valence electrons. The van der Waals surface area contributed by atoms with Crippen LogP contribution in [-0.2, 0) is 16.1 Å². The molecule has 0 bridgehead atoms. The molecule has 5 heteroatoms. The highest BCUT2D eigenvalue weighted by atomic mass is 32.2. The Balaban J connectivity index is 2.05. The van der Waals surface area contributed by atoms with Gasteiger partial charge in [-0.15, -0.1) is 11.8 Å². The zero-order chi connectivity index (χ0) is 20.6. The van der Waals surface area contributed by atoms with Crippen LogP contribution in [0.5, 0.6) is 0 Å². The molecule has 2 aromatic carbocycles. The predicted octanol–water partition coefficient (Wildman–Crippen LogP) is 4.50. The summed E-state index contributed by atoms with van der Waals surface area (Å²) in [6.07, 6.45) is 0.388. The minimum Gasteiger partial charge on any atom is -0.350 e. The molecule has 0 spiro atoms. The number of amides is 2. The summed E-state index contributed by atoms with van der Waals surface area (Å²) in [6, 6.07) is 19.3. The molecule has 0 aliphatic carbocycles. The number of hydrogen-bond donors (Lipinski definition) is 1. The zero-order valence-electron chi connectivity index (χ0n) is 17.1. The number of carbonyl (C=O) groups is 2. The topological polar surface area (TPSA) is 49.4 Å². The maximum atomic E-state index is 13.0. The highest BCUT2D eigenvalue weighted by molar-refractivity contribution is 7.99. The molecule has 0 aliphatic rings. The fraction of sp³-hybridized carbons (Fsp3) is 0.391. The van der Waals surface area contributed by atoms with Crippen molar-refractivity contribution in [1.82, 2.24) is 10.2 Å². The Hall–Kier alpha value is -2.27. The number of nitrogens with zero attached hydrogens (tertiary/aromatic N) is 1. The van der Waals surface area contributed by atoms with Crippen LogP contribution in [0.25, 0.3) is 0 Å². The lowest BCUT2D eigenvalue weighted by atomic mass is 10.1. The van der Waals surface area contributed by atoms with Crippen LogP contribution < -0.4 is 5.32 Å². The molecule has 1 unspecified atom stereocenters. The second-order valence-corrected chi connectivity index (χ2v) is 9.00. The fourth-order valence-electron chi connectivity index (χ4n) is 2.75. The van der Waals surface area contributed by atoms with Gasteiger partial charge in [0.1, 0.15) is 6.04 Å². The standard InChI is InChI=1S/C23H30N2O2S/c1-18(22(27)24-23(2,3)4)25(17-19-11-7-5-8-12-19)21(26)15-16-28-20-13-9-6-10-14-20/h5-14,18H,15-17H2,1-4H3,(H,24,27). The lowest BCUT2D eigenvalue weighted by Gasteiger charge is -2.31. The van der Waals surface area contributed by atoms with E-state index in [9.17, 15) is 9.59 Å². The van der Waals surface area contributed by atoms with Crippen LogP contribution in [0.2, 0.25) is 0 Å². The highest BCUT2D eigenvalue weighted by Gasteiger charge is 2.28. The van der Waals surface area contributed by atoms with Gasteiger partial charge < -0.3 is 10.2 Å². The Morgan fingerprint density at radius 2 is 1.57 bits per heavy atom. The largest absolute Gasteiger partial charge is 0.350 e. The molecule has 0 aliphatic heterocycles. The van der Waals surface area contributed by atoms with Crippen molar-refractivity contribution in [2.75, 3.05) is 5.75 Å². The number of carbonyl (C=O) groups excluding carboxylic acids is 2. The number of benzene rings is 2. The van der Waals surface area contributed by atoms with Crippen LogP contribution >= 0.6 is 11.8 Å². The molecule has 0 fully saturated rings. The molecule has 0 heterocycles. The first-order valence-electron chi connectivity index (χ1n) is 9.59. The van der Waals surface area contributed by atoms with Gasteiger partial charge in [0, 0.05) is 29.2 Å². The van der Waals surface area contributed by atoms with Crippen molar-refractivity contribution in [3.05, 3.63) is 66.2 Å². The summed E-state index contributed by atoms with van der Waals surface area (Å²) in [5.41, 5.74) is 0.678. The summed E-state index contributed by atoms with van der Waals surface area (Å²) in [4.78, 5) is 28.5. The normalized spacial score (nSPS) is 12.3. The summed E-state index contributed by atoms with van der Waals surface area (Å²) < 4.78 is 0. The summed E-state index contributed by atoms with van der Waals surface area (Å²) in [5, 5.41) is 2.98. The fourth-order valence-corrected chi connectivity index (χ4v) is 3.62. The van der Waals surface area contributed by atoms with Gasteiger partial charge in [0.25, 0.3) is 0 Å². The van der Waals surface area contributed by atoms with Gasteiger partial charge in [-0.25, -0.2) is 0 Å². The number of thioether (sulfide) groups is 1. The molecule has 0 radical (unpaired) electrons. The third-order valence-electron chi connectivity index (χ3n) is 4.19. The summed E-state index contributed by atoms with van der Waals surface area (Å²) in [5.74, 6) is 0.540. The van der Waals surface area contributed by atoms with Crippen LogP contribution in [0.1, 0.15) is 39.7 Å². The van der Waals surface area contributed by atoms with Crippen molar-refractivity contribution in [3.63, 3.8) is 0 Å². The average Bonchev–Trinajstić information content (AvgIpc) is 2.66. The van der Waals surface area contributed by atoms with E-state index in [-0.39, 0.29) is 17.4 Å². The molecular weight excluding hydrogens is 368 g/mol. The maximum Gasteiger partial charge on any atom is 0.242 e. The van der Waals surface area contributed by atoms with E-state index in [2.05, 4.69) is 5.32 Å². The molecule has 2 rings (SSSR count). The van der Waals surface area contributed by atoms with Crippen molar-refractivity contribution in [2.45, 2.75) is 57.1 Å². The quantitative estimate of drug-likeness (QED) is 0.666. The molecule has 1 N–H and O–H groups in total. The zero-order valence-corrected chi connectivity index (χ0v) is 18.0. The predicted molar refractivity (Wildman–Crippen MR) is 116 cm³/mol. The van der Waals surface area contributed by atoms with E-state index >= 15 is 0 Å². The van der Waals surface area contributed by atoms with E-state index in [0.717, 1.165) is 10.5 Å². The van der Waals surface area contributed by atoms with Gasteiger partial charge in [0.15, 0.2) is 0 Å². The Labute approximate surface area is 172 Å². The summed E-state index contributed by atoms with van der Waals surface area (Å²) >= 11 is 1.65. The first-order chi connectivity index (χ1) is 13.3. The van der Waals surface area contributed by atoms with Crippen molar-refractivity contribution in [2.24, 2.45) is 0 Å². The van der Waals surface area contributed by atoms with E-state index in [0.29, 0.717) is 18.7 Å². The van der Waals surface area contributed by atoms with E-state index < -0.39 is 6.04 Å². The molecule has 0 saturated heterocycles. The molecule has 4 nitrogen and oxygen atoms in total. The average molecular weight is 399 g/mol. The monoisotopic (exact) mass is 398 g/mol.